The first-order valence-electron chi connectivity index (χ1n) is 15.0. The van der Waals surface area contributed by atoms with Gasteiger partial charge in [0.15, 0.2) is 0 Å². The minimum absolute atomic E-state index is 1.23. The van der Waals surface area contributed by atoms with Crippen LogP contribution in [0.15, 0.2) is 164 Å². The van der Waals surface area contributed by atoms with Crippen molar-refractivity contribution in [2.24, 2.45) is 0 Å². The van der Waals surface area contributed by atoms with E-state index in [4.69, 9.17) is 0 Å². The van der Waals surface area contributed by atoms with E-state index >= 15 is 0 Å². The van der Waals surface area contributed by atoms with Crippen LogP contribution in [0.4, 0.5) is 0 Å². The number of hydrogen-bond donors (Lipinski definition) is 0. The minimum Gasteiger partial charge on any atom is -0.0622 e. The van der Waals surface area contributed by atoms with Gasteiger partial charge < -0.3 is 0 Å². The standard InChI is InChI=1S/C43H30/c1-29-14-5-6-18-33(29)43-39-23-11-9-21-37(39)42(38-22-10-12-24-40(38)43)32-27-26-31-17-13-25-36(41(31)28-32)35-20-8-7-19-34(35)30-15-3-2-4-16-30/h2-28H,1H3. The van der Waals surface area contributed by atoms with Crippen LogP contribution in [0, 0.1) is 6.92 Å². The number of aryl methyl sites for hydroxylation is 1. The molecular formula is C43H30. The summed E-state index contributed by atoms with van der Waals surface area (Å²) in [5, 5.41) is 7.64. The van der Waals surface area contributed by atoms with Gasteiger partial charge in [-0.15, -0.1) is 0 Å². The molecule has 0 aromatic heterocycles. The first kappa shape index (κ1) is 25.3. The summed E-state index contributed by atoms with van der Waals surface area (Å²) in [6.45, 7) is 2.21. The van der Waals surface area contributed by atoms with E-state index in [2.05, 4.69) is 171 Å². The Balaban J connectivity index is 1.43. The number of hydrogen-bond acceptors (Lipinski definition) is 0. The van der Waals surface area contributed by atoms with E-state index < -0.39 is 0 Å². The van der Waals surface area contributed by atoms with Crippen LogP contribution >= 0.6 is 0 Å². The Hall–Kier alpha value is -5.46. The Bertz CT molecular complexity index is 2230. The lowest BCUT2D eigenvalue weighted by atomic mass is 9.84. The zero-order valence-electron chi connectivity index (χ0n) is 24.1. The summed E-state index contributed by atoms with van der Waals surface area (Å²) >= 11 is 0. The first-order chi connectivity index (χ1) is 21.3. The van der Waals surface area contributed by atoms with E-state index in [1.54, 1.807) is 0 Å². The van der Waals surface area contributed by atoms with Gasteiger partial charge >= 0.3 is 0 Å². The quantitative estimate of drug-likeness (QED) is 0.193. The molecule has 0 aliphatic heterocycles. The molecule has 0 heterocycles. The summed E-state index contributed by atoms with van der Waals surface area (Å²) in [7, 11) is 0. The van der Waals surface area contributed by atoms with Crippen LogP contribution in [-0.4, -0.2) is 0 Å². The Morgan fingerprint density at radius 1 is 0.302 bits per heavy atom. The molecule has 8 rings (SSSR count). The average Bonchev–Trinajstić information content (AvgIpc) is 3.07. The van der Waals surface area contributed by atoms with Crippen LogP contribution in [0.1, 0.15) is 5.56 Å². The smallest absolute Gasteiger partial charge is 0.00237 e. The molecule has 0 aliphatic rings. The van der Waals surface area contributed by atoms with Crippen molar-refractivity contribution in [2.45, 2.75) is 6.92 Å². The Morgan fingerprint density at radius 2 is 0.837 bits per heavy atom. The monoisotopic (exact) mass is 546 g/mol. The molecule has 0 aliphatic carbocycles. The Labute approximate surface area is 252 Å². The maximum atomic E-state index is 2.41. The normalized spacial score (nSPS) is 11.4. The van der Waals surface area contributed by atoms with Gasteiger partial charge in [-0.05, 0) is 95.4 Å². The summed E-state index contributed by atoms with van der Waals surface area (Å²) in [6.07, 6.45) is 0. The molecule has 0 atom stereocenters. The molecule has 0 spiro atoms. The minimum atomic E-state index is 1.23. The van der Waals surface area contributed by atoms with Gasteiger partial charge in [0.2, 0.25) is 0 Å². The molecule has 0 amide bonds. The second-order valence-electron chi connectivity index (χ2n) is 11.3. The van der Waals surface area contributed by atoms with Crippen molar-refractivity contribution in [1.29, 1.82) is 0 Å². The SMILES string of the molecule is Cc1ccccc1-c1c2ccccc2c(-c2ccc3cccc(-c4ccccc4-c4ccccc4)c3c2)c2ccccc12. The van der Waals surface area contributed by atoms with Crippen LogP contribution in [0.25, 0.3) is 76.8 Å². The van der Waals surface area contributed by atoms with Crippen LogP contribution in [0.3, 0.4) is 0 Å². The second kappa shape index (κ2) is 10.4. The zero-order chi connectivity index (χ0) is 28.8. The molecule has 0 unspecified atom stereocenters. The van der Waals surface area contributed by atoms with E-state index in [1.807, 2.05) is 0 Å². The van der Waals surface area contributed by atoms with Crippen LogP contribution < -0.4 is 0 Å². The molecule has 0 radical (unpaired) electrons. The van der Waals surface area contributed by atoms with Crippen molar-refractivity contribution in [3.63, 3.8) is 0 Å². The summed E-state index contributed by atoms with van der Waals surface area (Å²) in [4.78, 5) is 0. The summed E-state index contributed by atoms with van der Waals surface area (Å²) in [5.74, 6) is 0. The third-order valence-electron chi connectivity index (χ3n) is 8.82. The lowest BCUT2D eigenvalue weighted by Crippen LogP contribution is -1.92. The molecule has 0 bridgehead atoms. The largest absolute Gasteiger partial charge is 0.0622 e. The fourth-order valence-corrected chi connectivity index (χ4v) is 6.83. The molecule has 0 saturated carbocycles. The van der Waals surface area contributed by atoms with Crippen molar-refractivity contribution >= 4 is 32.3 Å². The van der Waals surface area contributed by atoms with E-state index in [1.165, 1.54) is 82.4 Å². The predicted octanol–water partition coefficient (Wildman–Crippen LogP) is 12.1. The van der Waals surface area contributed by atoms with E-state index in [0.717, 1.165) is 0 Å². The summed E-state index contributed by atoms with van der Waals surface area (Å²) < 4.78 is 0. The van der Waals surface area contributed by atoms with Gasteiger partial charge in [0, 0.05) is 0 Å². The van der Waals surface area contributed by atoms with Gasteiger partial charge in [0.1, 0.15) is 0 Å². The molecule has 8 aromatic carbocycles. The molecular weight excluding hydrogens is 516 g/mol. The highest BCUT2D eigenvalue weighted by molar-refractivity contribution is 6.22. The molecule has 43 heavy (non-hydrogen) atoms. The number of rotatable bonds is 4. The maximum absolute atomic E-state index is 2.41. The first-order valence-corrected chi connectivity index (χ1v) is 15.0. The second-order valence-corrected chi connectivity index (χ2v) is 11.3. The van der Waals surface area contributed by atoms with Crippen molar-refractivity contribution < 1.29 is 0 Å². The van der Waals surface area contributed by atoms with E-state index in [9.17, 15) is 0 Å². The van der Waals surface area contributed by atoms with Gasteiger partial charge in [-0.2, -0.15) is 0 Å². The van der Waals surface area contributed by atoms with Gasteiger partial charge in [-0.1, -0.05) is 158 Å². The molecule has 0 saturated heterocycles. The number of fused-ring (bicyclic) bond motifs is 3. The third kappa shape index (κ3) is 4.23. The van der Waals surface area contributed by atoms with Crippen molar-refractivity contribution in [3.05, 3.63) is 169 Å². The van der Waals surface area contributed by atoms with Crippen molar-refractivity contribution in [3.8, 4) is 44.5 Å². The van der Waals surface area contributed by atoms with E-state index in [0.29, 0.717) is 0 Å². The lowest BCUT2D eigenvalue weighted by molar-refractivity contribution is 1.47. The highest BCUT2D eigenvalue weighted by atomic mass is 14.2. The highest BCUT2D eigenvalue weighted by Gasteiger charge is 2.18. The molecule has 0 N–H and O–H groups in total. The van der Waals surface area contributed by atoms with Crippen molar-refractivity contribution in [2.75, 3.05) is 0 Å². The zero-order valence-corrected chi connectivity index (χ0v) is 24.1. The number of benzene rings is 8. The molecule has 0 nitrogen and oxygen atoms in total. The van der Waals surface area contributed by atoms with Gasteiger partial charge in [0.05, 0.1) is 0 Å². The topological polar surface area (TPSA) is 0 Å². The summed E-state index contributed by atoms with van der Waals surface area (Å²) in [5.41, 5.74) is 11.4. The van der Waals surface area contributed by atoms with Crippen molar-refractivity contribution in [1.82, 2.24) is 0 Å². The van der Waals surface area contributed by atoms with Crippen LogP contribution in [0.5, 0.6) is 0 Å². The fourth-order valence-electron chi connectivity index (χ4n) is 6.83. The van der Waals surface area contributed by atoms with Crippen LogP contribution in [0.2, 0.25) is 0 Å². The van der Waals surface area contributed by atoms with Gasteiger partial charge in [-0.25, -0.2) is 0 Å². The van der Waals surface area contributed by atoms with Crippen LogP contribution in [-0.2, 0) is 0 Å². The Kier molecular flexibility index (Phi) is 6.12. The fraction of sp³-hybridized carbons (Fsp3) is 0.0233. The summed E-state index contributed by atoms with van der Waals surface area (Å²) in [6, 6.07) is 59.7. The van der Waals surface area contributed by atoms with Gasteiger partial charge in [0.25, 0.3) is 0 Å². The lowest BCUT2D eigenvalue weighted by Gasteiger charge is -2.19. The Morgan fingerprint density at radius 3 is 1.51 bits per heavy atom. The average molecular weight is 547 g/mol. The van der Waals surface area contributed by atoms with E-state index in [-0.39, 0.29) is 0 Å². The molecule has 8 aromatic rings. The third-order valence-corrected chi connectivity index (χ3v) is 8.82. The maximum Gasteiger partial charge on any atom is -0.00237 e. The highest BCUT2D eigenvalue weighted by Crippen LogP contribution is 2.45. The molecule has 0 fully saturated rings. The molecule has 202 valence electrons. The molecule has 0 heteroatoms. The van der Waals surface area contributed by atoms with Gasteiger partial charge in [-0.3, -0.25) is 0 Å². The predicted molar refractivity (Wildman–Crippen MR) is 185 cm³/mol.